The Labute approximate surface area is 250 Å². The van der Waals surface area contributed by atoms with Crippen molar-refractivity contribution >= 4 is 34.1 Å². The van der Waals surface area contributed by atoms with Crippen LogP contribution >= 0.6 is 0 Å². The van der Waals surface area contributed by atoms with Gasteiger partial charge in [-0.3, -0.25) is 0 Å². The van der Waals surface area contributed by atoms with Crippen LogP contribution in [0.15, 0.2) is 146 Å². The molecule has 0 amide bonds. The molecule has 0 N–H and O–H groups in total. The van der Waals surface area contributed by atoms with Crippen LogP contribution in [0.1, 0.15) is 22.3 Å². The lowest BCUT2D eigenvalue weighted by Crippen LogP contribution is -2.11. The predicted octanol–water partition coefficient (Wildman–Crippen LogP) is 11.5. The SMILES string of the molecule is Cc1ccc(N(c2ccccc2)c2ccc(-c3ccc(N(c4ccccc4)c4cccc(C)c4)c(C)c3)cc2C)cc1. The van der Waals surface area contributed by atoms with Crippen LogP contribution in [0.5, 0.6) is 0 Å². The quantitative estimate of drug-likeness (QED) is 0.197. The van der Waals surface area contributed by atoms with E-state index in [4.69, 9.17) is 0 Å². The summed E-state index contributed by atoms with van der Waals surface area (Å²) in [5.41, 5.74) is 14.3. The Balaban J connectivity index is 1.38. The van der Waals surface area contributed by atoms with E-state index in [0.29, 0.717) is 0 Å². The van der Waals surface area contributed by atoms with Crippen LogP contribution in [0.3, 0.4) is 0 Å². The highest BCUT2D eigenvalue weighted by atomic mass is 15.1. The van der Waals surface area contributed by atoms with Gasteiger partial charge in [-0.15, -0.1) is 0 Å². The summed E-state index contributed by atoms with van der Waals surface area (Å²) in [7, 11) is 0. The number of hydrogen-bond donors (Lipinski definition) is 0. The fourth-order valence-electron chi connectivity index (χ4n) is 5.64. The molecule has 2 nitrogen and oxygen atoms in total. The molecule has 0 unspecified atom stereocenters. The summed E-state index contributed by atoms with van der Waals surface area (Å²) in [5, 5.41) is 0. The van der Waals surface area contributed by atoms with Gasteiger partial charge in [-0.05, 0) is 128 Å². The van der Waals surface area contributed by atoms with E-state index in [1.165, 1.54) is 44.8 Å². The third kappa shape index (κ3) is 5.57. The number of hydrogen-bond acceptors (Lipinski definition) is 2. The van der Waals surface area contributed by atoms with Gasteiger partial charge in [0, 0.05) is 34.1 Å². The van der Waals surface area contributed by atoms with Crippen molar-refractivity contribution in [1.82, 2.24) is 0 Å². The molecule has 0 radical (unpaired) electrons. The second-order valence-electron chi connectivity index (χ2n) is 11.0. The molecule has 0 aliphatic carbocycles. The summed E-state index contributed by atoms with van der Waals surface area (Å²) in [6.07, 6.45) is 0. The lowest BCUT2D eigenvalue weighted by atomic mass is 9.98. The first-order valence-electron chi connectivity index (χ1n) is 14.5. The maximum absolute atomic E-state index is 2.35. The Bertz CT molecular complexity index is 1810. The van der Waals surface area contributed by atoms with Crippen LogP contribution in [0, 0.1) is 27.7 Å². The highest BCUT2D eigenvalue weighted by Crippen LogP contribution is 2.40. The van der Waals surface area contributed by atoms with E-state index in [-0.39, 0.29) is 0 Å². The van der Waals surface area contributed by atoms with Crippen molar-refractivity contribution < 1.29 is 0 Å². The number of nitrogens with zero attached hydrogens (tertiary/aromatic N) is 2. The summed E-state index contributed by atoms with van der Waals surface area (Å²) in [4.78, 5) is 4.69. The molecular weight excluding hydrogens is 508 g/mol. The Kier molecular flexibility index (Phi) is 7.62. The van der Waals surface area contributed by atoms with Crippen molar-refractivity contribution in [3.05, 3.63) is 168 Å². The van der Waals surface area contributed by atoms with Gasteiger partial charge in [-0.25, -0.2) is 0 Å². The number of rotatable bonds is 7. The first-order valence-corrected chi connectivity index (χ1v) is 14.5. The molecule has 6 aromatic rings. The molecule has 0 saturated carbocycles. The Morgan fingerprint density at radius 3 is 1.26 bits per heavy atom. The molecule has 0 fully saturated rings. The fraction of sp³-hybridized carbons (Fsp3) is 0.100. The van der Waals surface area contributed by atoms with Gasteiger partial charge < -0.3 is 9.80 Å². The topological polar surface area (TPSA) is 6.48 Å². The van der Waals surface area contributed by atoms with Gasteiger partial charge in [-0.2, -0.15) is 0 Å². The molecule has 2 heteroatoms. The maximum atomic E-state index is 2.35. The molecule has 0 spiro atoms. The smallest absolute Gasteiger partial charge is 0.0491 e. The molecule has 6 aromatic carbocycles. The maximum Gasteiger partial charge on any atom is 0.0491 e. The first-order chi connectivity index (χ1) is 20.5. The van der Waals surface area contributed by atoms with Gasteiger partial charge >= 0.3 is 0 Å². The average Bonchev–Trinajstić information content (AvgIpc) is 3.01. The molecule has 0 bridgehead atoms. The van der Waals surface area contributed by atoms with Crippen molar-refractivity contribution in [1.29, 1.82) is 0 Å². The molecule has 42 heavy (non-hydrogen) atoms. The fourth-order valence-corrected chi connectivity index (χ4v) is 5.64. The molecule has 6 rings (SSSR count). The van der Waals surface area contributed by atoms with Crippen molar-refractivity contribution in [3.8, 4) is 11.1 Å². The van der Waals surface area contributed by atoms with Gasteiger partial charge in [0.1, 0.15) is 0 Å². The van der Waals surface area contributed by atoms with Crippen LogP contribution in [0.4, 0.5) is 34.1 Å². The zero-order valence-corrected chi connectivity index (χ0v) is 24.8. The Morgan fingerprint density at radius 1 is 0.333 bits per heavy atom. The second kappa shape index (κ2) is 11.8. The summed E-state index contributed by atoms with van der Waals surface area (Å²) in [6.45, 7) is 8.69. The molecule has 0 heterocycles. The zero-order chi connectivity index (χ0) is 29.1. The van der Waals surface area contributed by atoms with E-state index >= 15 is 0 Å². The van der Waals surface area contributed by atoms with E-state index in [1.54, 1.807) is 0 Å². The van der Waals surface area contributed by atoms with E-state index in [9.17, 15) is 0 Å². The minimum atomic E-state index is 1.15. The van der Waals surface area contributed by atoms with Crippen molar-refractivity contribution in [2.24, 2.45) is 0 Å². The van der Waals surface area contributed by atoms with E-state index in [2.05, 4.69) is 183 Å². The van der Waals surface area contributed by atoms with Crippen LogP contribution in [0.25, 0.3) is 11.1 Å². The number of anilines is 6. The zero-order valence-electron chi connectivity index (χ0n) is 24.8. The van der Waals surface area contributed by atoms with Gasteiger partial charge in [0.15, 0.2) is 0 Å². The minimum Gasteiger partial charge on any atom is -0.310 e. The summed E-state index contributed by atoms with van der Waals surface area (Å²) < 4.78 is 0. The van der Waals surface area contributed by atoms with Crippen molar-refractivity contribution in [2.75, 3.05) is 9.80 Å². The third-order valence-electron chi connectivity index (χ3n) is 7.79. The first kappa shape index (κ1) is 27.1. The summed E-state index contributed by atoms with van der Waals surface area (Å²) in [5.74, 6) is 0. The molecule has 0 aliphatic heterocycles. The van der Waals surface area contributed by atoms with Crippen LogP contribution in [0.2, 0.25) is 0 Å². The Hall–Kier alpha value is -5.08. The van der Waals surface area contributed by atoms with Crippen molar-refractivity contribution in [2.45, 2.75) is 27.7 Å². The molecule has 0 aromatic heterocycles. The molecule has 0 aliphatic rings. The summed E-state index contributed by atoms with van der Waals surface area (Å²) >= 11 is 0. The second-order valence-corrected chi connectivity index (χ2v) is 11.0. The molecular formula is C40H36N2. The largest absolute Gasteiger partial charge is 0.310 e. The predicted molar refractivity (Wildman–Crippen MR) is 180 cm³/mol. The number of para-hydroxylation sites is 2. The molecule has 0 saturated heterocycles. The normalized spacial score (nSPS) is 10.9. The van der Waals surface area contributed by atoms with Gasteiger partial charge in [0.2, 0.25) is 0 Å². The summed E-state index contributed by atoms with van der Waals surface area (Å²) in [6, 6.07) is 52.3. The monoisotopic (exact) mass is 544 g/mol. The highest BCUT2D eigenvalue weighted by molar-refractivity contribution is 5.83. The van der Waals surface area contributed by atoms with Crippen LogP contribution in [-0.2, 0) is 0 Å². The van der Waals surface area contributed by atoms with E-state index in [0.717, 1.165) is 22.7 Å². The molecule has 206 valence electrons. The van der Waals surface area contributed by atoms with E-state index < -0.39 is 0 Å². The molecule has 0 atom stereocenters. The third-order valence-corrected chi connectivity index (χ3v) is 7.79. The number of benzene rings is 6. The number of aryl methyl sites for hydroxylation is 4. The lowest BCUT2D eigenvalue weighted by molar-refractivity contribution is 1.24. The highest BCUT2D eigenvalue weighted by Gasteiger charge is 2.17. The van der Waals surface area contributed by atoms with Crippen LogP contribution in [-0.4, -0.2) is 0 Å². The van der Waals surface area contributed by atoms with Gasteiger partial charge in [0.05, 0.1) is 0 Å². The average molecular weight is 545 g/mol. The standard InChI is InChI=1S/C40H36N2/c1-29-18-22-37(23-19-29)41(35-13-7-5-8-14-35)39-24-20-33(27-31(39)3)34-21-25-40(32(4)28-34)42(36-15-9-6-10-16-36)38-17-11-12-30(2)26-38/h5-28H,1-4H3. The Morgan fingerprint density at radius 2 is 0.786 bits per heavy atom. The van der Waals surface area contributed by atoms with Crippen LogP contribution < -0.4 is 9.80 Å². The van der Waals surface area contributed by atoms with Gasteiger partial charge in [0.25, 0.3) is 0 Å². The lowest BCUT2D eigenvalue weighted by Gasteiger charge is -2.28. The van der Waals surface area contributed by atoms with E-state index in [1.807, 2.05) is 0 Å². The van der Waals surface area contributed by atoms with Crippen molar-refractivity contribution in [3.63, 3.8) is 0 Å². The van der Waals surface area contributed by atoms with Gasteiger partial charge in [-0.1, -0.05) is 78.4 Å². The minimum absolute atomic E-state index is 1.15.